The third-order valence-corrected chi connectivity index (χ3v) is 9.06. The van der Waals surface area contributed by atoms with Crippen molar-refractivity contribution in [3.63, 3.8) is 0 Å². The summed E-state index contributed by atoms with van der Waals surface area (Å²) in [6.07, 6.45) is -1.20. The minimum Gasteiger partial charge on any atom is -0.508 e. The molecule has 6 rings (SSSR count). The molecule has 51 heavy (non-hydrogen) atoms. The molecule has 264 valence electrons. The van der Waals surface area contributed by atoms with Crippen molar-refractivity contribution in [2.24, 2.45) is 0 Å². The van der Waals surface area contributed by atoms with Crippen LogP contribution >= 0.6 is 0 Å². The number of aliphatic hydroxyl groups excluding tert-OH is 2. The number of urea groups is 1. The number of aliphatic hydroxyl groups is 2. The second-order valence-electron chi connectivity index (χ2n) is 13.0. The van der Waals surface area contributed by atoms with Crippen LogP contribution in [-0.4, -0.2) is 52.5 Å². The van der Waals surface area contributed by atoms with Gasteiger partial charge < -0.3 is 40.3 Å². The van der Waals surface area contributed by atoms with E-state index >= 15 is 0 Å². The van der Waals surface area contributed by atoms with Crippen molar-refractivity contribution in [2.45, 2.75) is 50.7 Å². The van der Waals surface area contributed by atoms with E-state index in [0.717, 1.165) is 38.9 Å². The van der Waals surface area contributed by atoms with Crippen molar-refractivity contribution in [3.05, 3.63) is 161 Å². The summed E-state index contributed by atoms with van der Waals surface area (Å²) in [5.74, 6) is 0.120. The Morgan fingerprint density at radius 2 is 1.45 bits per heavy atom. The Balaban J connectivity index is 1.11. The standard InChI is InChI=1S/C42H45N3O6/c1-45(27-39(48)36-11-6-12-37(47)22-36)26-38-23-40(33-15-13-30(28-46)14-16-33)51-41(50-38)34-19-17-32(18-20-34)35-10-5-9-31(21-35)25-44-42(49)43-24-29-7-3-2-4-8-29/h2-22,38-41,46-48H,23-28H2,1H3,(H2,43,44,49). The number of benzene rings is 5. The first kappa shape index (κ1) is 35.8. The molecule has 1 heterocycles. The summed E-state index contributed by atoms with van der Waals surface area (Å²) in [4.78, 5) is 14.4. The van der Waals surface area contributed by atoms with Gasteiger partial charge in [0.2, 0.25) is 0 Å². The average Bonchev–Trinajstić information content (AvgIpc) is 3.16. The summed E-state index contributed by atoms with van der Waals surface area (Å²) in [5.41, 5.74) is 7.46. The van der Waals surface area contributed by atoms with Crippen LogP contribution in [0.5, 0.6) is 5.75 Å². The van der Waals surface area contributed by atoms with Gasteiger partial charge in [0.05, 0.1) is 24.9 Å². The van der Waals surface area contributed by atoms with Crippen LogP contribution in [0.4, 0.5) is 4.79 Å². The van der Waals surface area contributed by atoms with Gasteiger partial charge in [-0.3, -0.25) is 0 Å². The second-order valence-corrected chi connectivity index (χ2v) is 13.0. The van der Waals surface area contributed by atoms with Crippen molar-refractivity contribution in [1.29, 1.82) is 0 Å². The topological polar surface area (TPSA) is 124 Å². The first-order valence-corrected chi connectivity index (χ1v) is 17.2. The second kappa shape index (κ2) is 17.3. The van der Waals surface area contributed by atoms with E-state index in [9.17, 15) is 20.1 Å². The van der Waals surface area contributed by atoms with Crippen LogP contribution < -0.4 is 10.6 Å². The molecule has 5 N–H and O–H groups in total. The predicted molar refractivity (Wildman–Crippen MR) is 196 cm³/mol. The van der Waals surface area contributed by atoms with Crippen LogP contribution in [0.3, 0.4) is 0 Å². The highest BCUT2D eigenvalue weighted by atomic mass is 16.7. The summed E-state index contributed by atoms with van der Waals surface area (Å²) in [6, 6.07) is 40.3. The summed E-state index contributed by atoms with van der Waals surface area (Å²) < 4.78 is 13.1. The van der Waals surface area contributed by atoms with Crippen LogP contribution in [0, 0.1) is 0 Å². The fourth-order valence-electron chi connectivity index (χ4n) is 6.30. The maximum atomic E-state index is 12.4. The maximum Gasteiger partial charge on any atom is 0.315 e. The van der Waals surface area contributed by atoms with Crippen LogP contribution in [0.1, 0.15) is 58.3 Å². The van der Waals surface area contributed by atoms with Gasteiger partial charge in [-0.25, -0.2) is 4.79 Å². The van der Waals surface area contributed by atoms with Crippen LogP contribution in [0.15, 0.2) is 127 Å². The number of hydrogen-bond acceptors (Lipinski definition) is 7. The third kappa shape index (κ3) is 10.0. The molecule has 0 radical (unpaired) electrons. The lowest BCUT2D eigenvalue weighted by Gasteiger charge is -2.38. The first-order chi connectivity index (χ1) is 24.8. The van der Waals surface area contributed by atoms with Gasteiger partial charge in [0.1, 0.15) is 5.75 Å². The number of phenolic OH excluding ortho intramolecular Hbond substituents is 1. The Kier molecular flexibility index (Phi) is 12.1. The molecule has 0 aliphatic carbocycles. The molecule has 1 fully saturated rings. The van der Waals surface area contributed by atoms with E-state index in [4.69, 9.17) is 9.47 Å². The molecule has 9 nitrogen and oxygen atoms in total. The number of rotatable bonds is 13. The van der Waals surface area contributed by atoms with Gasteiger partial charge >= 0.3 is 6.03 Å². The van der Waals surface area contributed by atoms with Crippen molar-refractivity contribution in [3.8, 4) is 16.9 Å². The van der Waals surface area contributed by atoms with Crippen molar-refractivity contribution in [1.82, 2.24) is 15.5 Å². The van der Waals surface area contributed by atoms with Crippen LogP contribution in [0.2, 0.25) is 0 Å². The van der Waals surface area contributed by atoms with Crippen molar-refractivity contribution < 1.29 is 29.6 Å². The van der Waals surface area contributed by atoms with Gasteiger partial charge in [0.25, 0.3) is 0 Å². The van der Waals surface area contributed by atoms with Crippen LogP contribution in [-0.2, 0) is 29.2 Å². The molecule has 5 aromatic rings. The fourth-order valence-corrected chi connectivity index (χ4v) is 6.30. The van der Waals surface area contributed by atoms with Gasteiger partial charge in [0.15, 0.2) is 6.29 Å². The number of phenols is 1. The zero-order valence-electron chi connectivity index (χ0n) is 28.7. The van der Waals surface area contributed by atoms with Crippen molar-refractivity contribution in [2.75, 3.05) is 20.1 Å². The van der Waals surface area contributed by atoms with E-state index in [2.05, 4.69) is 16.7 Å². The van der Waals surface area contributed by atoms with Gasteiger partial charge in [-0.15, -0.1) is 0 Å². The molecule has 4 atom stereocenters. The number of hydrogen-bond donors (Lipinski definition) is 5. The molecule has 2 amide bonds. The van der Waals surface area contributed by atoms with Gasteiger partial charge in [-0.1, -0.05) is 109 Å². The van der Waals surface area contributed by atoms with E-state index in [0.29, 0.717) is 38.2 Å². The first-order valence-electron chi connectivity index (χ1n) is 17.2. The zero-order valence-corrected chi connectivity index (χ0v) is 28.7. The Morgan fingerprint density at radius 1 is 0.765 bits per heavy atom. The molecule has 0 saturated carbocycles. The van der Waals surface area contributed by atoms with E-state index in [1.807, 2.05) is 109 Å². The lowest BCUT2D eigenvalue weighted by atomic mass is 9.99. The van der Waals surface area contributed by atoms with Gasteiger partial charge in [-0.2, -0.15) is 0 Å². The molecular weight excluding hydrogens is 642 g/mol. The van der Waals surface area contributed by atoms with E-state index < -0.39 is 12.4 Å². The van der Waals surface area contributed by atoms with Gasteiger partial charge in [0, 0.05) is 38.2 Å². The Labute approximate surface area is 299 Å². The Bertz CT molecular complexity index is 1850. The number of amides is 2. The Morgan fingerprint density at radius 3 is 2.18 bits per heavy atom. The number of likely N-dealkylation sites (N-methyl/N-ethyl adjacent to an activating group) is 1. The summed E-state index contributed by atoms with van der Waals surface area (Å²) >= 11 is 0. The van der Waals surface area contributed by atoms with Gasteiger partial charge in [-0.05, 0) is 64.2 Å². The number of aromatic hydroxyl groups is 1. The SMILES string of the molecule is CN(CC1CC(c2ccc(CO)cc2)OC(c2ccc(-c3cccc(CNC(=O)NCc4ccccc4)c3)cc2)O1)CC(O)c1cccc(O)c1. The van der Waals surface area contributed by atoms with Crippen molar-refractivity contribution >= 4 is 6.03 Å². The molecule has 9 heteroatoms. The molecule has 5 aromatic carbocycles. The monoisotopic (exact) mass is 687 g/mol. The highest BCUT2D eigenvalue weighted by Gasteiger charge is 2.33. The number of ether oxygens (including phenoxy) is 2. The zero-order chi connectivity index (χ0) is 35.6. The highest BCUT2D eigenvalue weighted by molar-refractivity contribution is 5.74. The largest absolute Gasteiger partial charge is 0.508 e. The summed E-state index contributed by atoms with van der Waals surface area (Å²) in [6.45, 7) is 1.77. The fraction of sp³-hybridized carbons (Fsp3) is 0.262. The molecule has 1 saturated heterocycles. The number of nitrogens with one attached hydrogen (secondary N) is 2. The smallest absolute Gasteiger partial charge is 0.315 e. The Hall–Kier alpha value is -5.03. The molecule has 0 bridgehead atoms. The van der Waals surface area contributed by atoms with E-state index in [-0.39, 0.29) is 30.6 Å². The van der Waals surface area contributed by atoms with E-state index in [1.165, 1.54) is 0 Å². The lowest BCUT2D eigenvalue weighted by Crippen LogP contribution is -2.39. The van der Waals surface area contributed by atoms with E-state index in [1.54, 1.807) is 24.3 Å². The molecule has 4 unspecified atom stereocenters. The average molecular weight is 688 g/mol. The third-order valence-electron chi connectivity index (χ3n) is 9.06. The number of nitrogens with zero attached hydrogens (tertiary/aromatic N) is 1. The molecule has 0 spiro atoms. The number of carbonyl (C=O) groups excluding carboxylic acids is 1. The molecule has 1 aliphatic rings. The normalized spacial score (nSPS) is 17.9. The summed E-state index contributed by atoms with van der Waals surface area (Å²) in [5, 5.41) is 36.1. The minimum absolute atomic E-state index is 0.0255. The number of carbonyl (C=O) groups is 1. The predicted octanol–water partition coefficient (Wildman–Crippen LogP) is 6.76. The molecule has 1 aliphatic heterocycles. The quantitative estimate of drug-likeness (QED) is 0.0927. The maximum absolute atomic E-state index is 12.4. The molecular formula is C42H45N3O6. The lowest BCUT2D eigenvalue weighted by molar-refractivity contribution is -0.252. The van der Waals surface area contributed by atoms with Crippen LogP contribution in [0.25, 0.3) is 11.1 Å². The minimum atomic E-state index is -0.766. The highest BCUT2D eigenvalue weighted by Crippen LogP contribution is 2.39. The summed E-state index contributed by atoms with van der Waals surface area (Å²) in [7, 11) is 1.94. The molecule has 0 aromatic heterocycles.